The van der Waals surface area contributed by atoms with Gasteiger partial charge in [-0.1, -0.05) is 0 Å². The molecule has 0 heterocycles. The first-order valence-corrected chi connectivity index (χ1v) is 7.11. The maximum absolute atomic E-state index is 12.4. The summed E-state index contributed by atoms with van der Waals surface area (Å²) in [5, 5.41) is 9.06. The minimum absolute atomic E-state index is 0.951. The third kappa shape index (κ3) is 10.3. The van der Waals surface area contributed by atoms with Crippen molar-refractivity contribution in [3.8, 4) is 0 Å². The van der Waals surface area contributed by atoms with Gasteiger partial charge in [0.15, 0.2) is 0 Å². The topological polar surface area (TPSA) is 63.6 Å². The molecule has 0 saturated carbocycles. The molecule has 0 aromatic rings. The van der Waals surface area contributed by atoms with Crippen LogP contribution in [0.1, 0.15) is 46.5 Å². The zero-order valence-corrected chi connectivity index (χ0v) is 13.4. The van der Waals surface area contributed by atoms with Crippen LogP contribution in [0, 0.1) is 11.8 Å². The highest BCUT2D eigenvalue weighted by molar-refractivity contribution is 5.81. The zero-order valence-electron chi connectivity index (χ0n) is 13.4. The third-order valence-corrected chi connectivity index (χ3v) is 2.99. The molecular formula is C14H20F6O4. The Morgan fingerprint density at radius 2 is 1.25 bits per heavy atom. The average Bonchev–Trinajstić information content (AvgIpc) is 2.27. The molecule has 2 unspecified atom stereocenters. The van der Waals surface area contributed by atoms with Crippen molar-refractivity contribution < 1.29 is 45.8 Å². The van der Waals surface area contributed by atoms with Crippen molar-refractivity contribution in [1.29, 1.82) is 0 Å². The lowest BCUT2D eigenvalue weighted by atomic mass is 9.84. The normalized spacial score (nSPS) is 15.7. The van der Waals surface area contributed by atoms with Gasteiger partial charge in [-0.05, 0) is 33.6 Å². The van der Waals surface area contributed by atoms with Gasteiger partial charge in [0.1, 0.15) is 5.60 Å². The molecular weight excluding hydrogens is 346 g/mol. The first-order chi connectivity index (χ1) is 10.5. The van der Waals surface area contributed by atoms with E-state index in [2.05, 4.69) is 0 Å². The number of alkyl halides is 6. The van der Waals surface area contributed by atoms with Gasteiger partial charge in [0.05, 0.1) is 11.8 Å². The maximum atomic E-state index is 12.4. The van der Waals surface area contributed by atoms with Crippen molar-refractivity contribution in [2.24, 2.45) is 11.8 Å². The molecule has 0 aliphatic rings. The van der Waals surface area contributed by atoms with Gasteiger partial charge in [0.2, 0.25) is 0 Å². The third-order valence-electron chi connectivity index (χ3n) is 2.99. The lowest BCUT2D eigenvalue weighted by Crippen LogP contribution is -2.36. The summed E-state index contributed by atoms with van der Waals surface area (Å²) in [6.07, 6.45) is -14.3. The zero-order chi connectivity index (χ0) is 19.3. The summed E-state index contributed by atoms with van der Waals surface area (Å²) >= 11 is 0. The summed E-state index contributed by atoms with van der Waals surface area (Å²) in [5.41, 5.74) is -1.11. The van der Waals surface area contributed by atoms with E-state index in [4.69, 9.17) is 9.84 Å². The van der Waals surface area contributed by atoms with E-state index in [0.29, 0.717) is 0 Å². The second-order valence-corrected chi connectivity index (χ2v) is 6.39. The van der Waals surface area contributed by atoms with Gasteiger partial charge >= 0.3 is 24.3 Å². The average molecular weight is 366 g/mol. The van der Waals surface area contributed by atoms with Crippen LogP contribution in [0.4, 0.5) is 26.3 Å². The molecule has 0 aromatic heterocycles. The van der Waals surface area contributed by atoms with E-state index in [-0.39, 0.29) is 0 Å². The lowest BCUT2D eigenvalue weighted by Gasteiger charge is -2.27. The van der Waals surface area contributed by atoms with Crippen LogP contribution in [0.15, 0.2) is 0 Å². The highest BCUT2D eigenvalue weighted by atomic mass is 19.4. The number of carboxylic acids is 1. The van der Waals surface area contributed by atoms with E-state index in [0.717, 1.165) is 0 Å². The predicted molar refractivity (Wildman–Crippen MR) is 71.0 cm³/mol. The minimum Gasteiger partial charge on any atom is -0.481 e. The first-order valence-electron chi connectivity index (χ1n) is 7.11. The van der Waals surface area contributed by atoms with E-state index in [9.17, 15) is 35.9 Å². The number of esters is 1. The van der Waals surface area contributed by atoms with E-state index >= 15 is 0 Å². The number of hydrogen-bond acceptors (Lipinski definition) is 3. The summed E-state index contributed by atoms with van der Waals surface area (Å²) in [6, 6.07) is 0. The molecule has 10 heteroatoms. The molecule has 0 radical (unpaired) electrons. The highest BCUT2D eigenvalue weighted by Crippen LogP contribution is 2.33. The number of ether oxygens (including phenoxy) is 1. The number of rotatable bonds is 7. The molecule has 0 bridgehead atoms. The summed E-state index contributed by atoms with van der Waals surface area (Å²) in [4.78, 5) is 23.2. The van der Waals surface area contributed by atoms with E-state index in [1.165, 1.54) is 20.8 Å². The van der Waals surface area contributed by atoms with Crippen LogP contribution < -0.4 is 0 Å². The molecule has 0 spiro atoms. The van der Waals surface area contributed by atoms with Gasteiger partial charge in [-0.2, -0.15) is 26.3 Å². The van der Waals surface area contributed by atoms with Gasteiger partial charge in [-0.25, -0.2) is 0 Å². The van der Waals surface area contributed by atoms with Crippen molar-refractivity contribution in [2.45, 2.75) is 64.4 Å². The molecule has 142 valence electrons. The molecule has 1 N–H and O–H groups in total. The quantitative estimate of drug-likeness (QED) is 0.538. The summed E-state index contributed by atoms with van der Waals surface area (Å²) in [6.45, 7) is 4.24. The molecule has 0 aromatic carbocycles. The van der Waals surface area contributed by atoms with Crippen molar-refractivity contribution in [3.05, 3.63) is 0 Å². The SMILES string of the molecule is CC(C)(C)OC(=O)C(CCC(F)(F)F)C(CCC(F)(F)F)C(=O)O. The van der Waals surface area contributed by atoms with Crippen LogP contribution in [-0.2, 0) is 14.3 Å². The Morgan fingerprint density at radius 1 is 0.875 bits per heavy atom. The van der Waals surface area contributed by atoms with Crippen LogP contribution >= 0.6 is 0 Å². The van der Waals surface area contributed by atoms with Crippen LogP contribution in [-0.4, -0.2) is 35.0 Å². The van der Waals surface area contributed by atoms with Gasteiger partial charge in [-0.3, -0.25) is 9.59 Å². The highest BCUT2D eigenvalue weighted by Gasteiger charge is 2.41. The van der Waals surface area contributed by atoms with Crippen LogP contribution in [0.5, 0.6) is 0 Å². The minimum atomic E-state index is -4.68. The monoisotopic (exact) mass is 366 g/mol. The van der Waals surface area contributed by atoms with Gasteiger partial charge < -0.3 is 9.84 Å². The fraction of sp³-hybridized carbons (Fsp3) is 0.857. The summed E-state index contributed by atoms with van der Waals surface area (Å²) < 4.78 is 78.9. The molecule has 0 fully saturated rings. The lowest BCUT2D eigenvalue weighted by molar-refractivity contribution is -0.174. The number of carbonyl (C=O) groups is 2. The number of aliphatic carboxylic acids is 1. The fourth-order valence-electron chi connectivity index (χ4n) is 2.00. The molecule has 24 heavy (non-hydrogen) atoms. The Hall–Kier alpha value is -1.48. The Labute approximate surface area is 135 Å². The van der Waals surface area contributed by atoms with Crippen LogP contribution in [0.2, 0.25) is 0 Å². The summed E-state index contributed by atoms with van der Waals surface area (Å²) in [7, 11) is 0. The fourth-order valence-corrected chi connectivity index (χ4v) is 2.00. The largest absolute Gasteiger partial charge is 0.481 e. The molecule has 0 saturated heterocycles. The number of hydrogen-bond donors (Lipinski definition) is 1. The standard InChI is InChI=1S/C14H20F6O4/c1-12(2,3)24-11(23)9(5-7-14(18,19)20)8(10(21)22)4-6-13(15,16)17/h8-9H,4-7H2,1-3H3,(H,21,22). The maximum Gasteiger partial charge on any atom is 0.389 e. The molecule has 0 aliphatic heterocycles. The molecule has 2 atom stereocenters. The molecule has 4 nitrogen and oxygen atoms in total. The Kier molecular flexibility index (Phi) is 7.57. The summed E-state index contributed by atoms with van der Waals surface area (Å²) in [5.74, 6) is -6.74. The van der Waals surface area contributed by atoms with Gasteiger partial charge in [0, 0.05) is 12.8 Å². The first kappa shape index (κ1) is 22.5. The van der Waals surface area contributed by atoms with Crippen molar-refractivity contribution >= 4 is 11.9 Å². The van der Waals surface area contributed by atoms with E-state index < -0.39 is 67.4 Å². The van der Waals surface area contributed by atoms with Crippen molar-refractivity contribution in [1.82, 2.24) is 0 Å². The van der Waals surface area contributed by atoms with E-state index in [1.807, 2.05) is 0 Å². The van der Waals surface area contributed by atoms with Crippen molar-refractivity contribution in [2.75, 3.05) is 0 Å². The molecule has 0 amide bonds. The number of carbonyl (C=O) groups excluding carboxylic acids is 1. The van der Waals surface area contributed by atoms with Gasteiger partial charge in [-0.15, -0.1) is 0 Å². The van der Waals surface area contributed by atoms with E-state index in [1.54, 1.807) is 0 Å². The molecule has 0 rings (SSSR count). The Bertz CT molecular complexity index is 436. The van der Waals surface area contributed by atoms with Crippen LogP contribution in [0.3, 0.4) is 0 Å². The molecule has 0 aliphatic carbocycles. The van der Waals surface area contributed by atoms with Crippen LogP contribution in [0.25, 0.3) is 0 Å². The number of carboxylic acid groups (broad SMARTS) is 1. The van der Waals surface area contributed by atoms with Crippen molar-refractivity contribution in [3.63, 3.8) is 0 Å². The second kappa shape index (κ2) is 8.06. The Balaban J connectivity index is 5.34. The smallest absolute Gasteiger partial charge is 0.389 e. The van der Waals surface area contributed by atoms with Gasteiger partial charge in [0.25, 0.3) is 0 Å². The Morgan fingerprint density at radius 3 is 1.54 bits per heavy atom. The number of halogens is 6. The second-order valence-electron chi connectivity index (χ2n) is 6.39. The predicted octanol–water partition coefficient (Wildman–Crippen LogP) is 4.33.